The minimum absolute atomic E-state index is 0.0897. The van der Waals surface area contributed by atoms with E-state index in [2.05, 4.69) is 10.6 Å². The smallest absolute Gasteiger partial charge is 0.317 e. The lowest BCUT2D eigenvalue weighted by Crippen LogP contribution is -2.42. The van der Waals surface area contributed by atoms with E-state index in [1.165, 1.54) is 4.90 Å². The summed E-state index contributed by atoms with van der Waals surface area (Å²) in [6, 6.07) is -0.198. The van der Waals surface area contributed by atoms with E-state index in [-0.39, 0.29) is 24.3 Å². The maximum atomic E-state index is 11.8. The lowest BCUT2D eigenvalue weighted by Gasteiger charge is -2.21. The van der Waals surface area contributed by atoms with Crippen molar-refractivity contribution in [3.05, 3.63) is 0 Å². The first kappa shape index (κ1) is 19.2. The van der Waals surface area contributed by atoms with Gasteiger partial charge in [-0.3, -0.25) is 9.59 Å². The van der Waals surface area contributed by atoms with Crippen LogP contribution in [0.4, 0.5) is 4.79 Å². The fraction of sp³-hybridized carbons (Fsp3) is 0.786. The molecule has 0 spiro atoms. The summed E-state index contributed by atoms with van der Waals surface area (Å²) in [6.45, 7) is 2.69. The van der Waals surface area contributed by atoms with E-state index in [0.717, 1.165) is 19.3 Å². The van der Waals surface area contributed by atoms with Crippen LogP contribution in [-0.2, 0) is 9.59 Å². The van der Waals surface area contributed by atoms with Gasteiger partial charge in [0, 0.05) is 33.6 Å². The van der Waals surface area contributed by atoms with Crippen molar-refractivity contribution < 1.29 is 19.5 Å². The number of carbonyl (C=O) groups is 3. The monoisotopic (exact) mass is 301 g/mol. The zero-order valence-corrected chi connectivity index (χ0v) is 13.1. The molecule has 0 aliphatic carbocycles. The van der Waals surface area contributed by atoms with Gasteiger partial charge in [-0.15, -0.1) is 0 Å². The first-order valence-electron chi connectivity index (χ1n) is 7.30. The highest BCUT2D eigenvalue weighted by Gasteiger charge is 2.16. The molecule has 0 aromatic rings. The van der Waals surface area contributed by atoms with Crippen molar-refractivity contribution >= 4 is 17.9 Å². The summed E-state index contributed by atoms with van der Waals surface area (Å²) in [6.07, 6.45) is 3.45. The number of carboxylic acid groups (broad SMARTS) is 1. The van der Waals surface area contributed by atoms with E-state index in [0.29, 0.717) is 19.5 Å². The van der Waals surface area contributed by atoms with E-state index in [4.69, 9.17) is 5.11 Å². The Morgan fingerprint density at radius 1 is 1.14 bits per heavy atom. The van der Waals surface area contributed by atoms with Crippen LogP contribution in [0.5, 0.6) is 0 Å². The van der Waals surface area contributed by atoms with Gasteiger partial charge in [-0.05, 0) is 12.8 Å². The molecule has 7 heteroatoms. The molecule has 0 aliphatic heterocycles. The van der Waals surface area contributed by atoms with E-state index in [1.807, 2.05) is 0 Å². The van der Waals surface area contributed by atoms with Gasteiger partial charge in [0.15, 0.2) is 0 Å². The molecule has 0 bridgehead atoms. The van der Waals surface area contributed by atoms with Crippen LogP contribution in [0.1, 0.15) is 39.0 Å². The third-order valence-electron chi connectivity index (χ3n) is 3.18. The van der Waals surface area contributed by atoms with Crippen molar-refractivity contribution in [3.63, 3.8) is 0 Å². The molecular formula is C14H27N3O4. The molecule has 0 saturated carbocycles. The summed E-state index contributed by atoms with van der Waals surface area (Å²) < 4.78 is 0. The van der Waals surface area contributed by atoms with Crippen LogP contribution in [0.2, 0.25) is 0 Å². The molecule has 21 heavy (non-hydrogen) atoms. The van der Waals surface area contributed by atoms with Crippen LogP contribution in [0.25, 0.3) is 0 Å². The Morgan fingerprint density at radius 3 is 2.33 bits per heavy atom. The number of urea groups is 1. The quantitative estimate of drug-likeness (QED) is 0.525. The number of amides is 3. The largest absolute Gasteiger partial charge is 0.481 e. The van der Waals surface area contributed by atoms with Gasteiger partial charge in [0.05, 0.1) is 5.92 Å². The Labute approximate surface area is 126 Å². The van der Waals surface area contributed by atoms with E-state index < -0.39 is 5.97 Å². The average molecular weight is 301 g/mol. The first-order valence-corrected chi connectivity index (χ1v) is 7.30. The van der Waals surface area contributed by atoms with Gasteiger partial charge in [0.2, 0.25) is 5.91 Å². The third kappa shape index (κ3) is 9.70. The third-order valence-corrected chi connectivity index (χ3v) is 3.18. The topological polar surface area (TPSA) is 98.7 Å². The van der Waals surface area contributed by atoms with Crippen molar-refractivity contribution in [3.8, 4) is 0 Å². The van der Waals surface area contributed by atoms with Gasteiger partial charge in [-0.2, -0.15) is 0 Å². The molecule has 0 aliphatic rings. The van der Waals surface area contributed by atoms with Gasteiger partial charge in [0.25, 0.3) is 0 Å². The second-order valence-corrected chi connectivity index (χ2v) is 5.19. The number of hydrogen-bond donors (Lipinski definition) is 3. The number of unbranched alkanes of at least 4 members (excludes halogenated alkanes) is 3. The molecule has 0 radical (unpaired) electrons. The summed E-state index contributed by atoms with van der Waals surface area (Å²) in [5.41, 5.74) is 0. The molecule has 0 rings (SSSR count). The van der Waals surface area contributed by atoms with Crippen molar-refractivity contribution in [1.29, 1.82) is 0 Å². The highest BCUT2D eigenvalue weighted by molar-refractivity contribution is 5.79. The van der Waals surface area contributed by atoms with Gasteiger partial charge in [-0.1, -0.05) is 19.8 Å². The van der Waals surface area contributed by atoms with Crippen LogP contribution in [-0.4, -0.2) is 55.1 Å². The van der Waals surface area contributed by atoms with Crippen LogP contribution < -0.4 is 10.6 Å². The van der Waals surface area contributed by atoms with E-state index >= 15 is 0 Å². The van der Waals surface area contributed by atoms with Crippen molar-refractivity contribution in [2.75, 3.05) is 27.2 Å². The predicted octanol–water partition coefficient (Wildman–Crippen LogP) is 1.04. The van der Waals surface area contributed by atoms with Crippen molar-refractivity contribution in [2.45, 2.75) is 39.0 Å². The van der Waals surface area contributed by atoms with Crippen LogP contribution in [0.3, 0.4) is 0 Å². The summed E-state index contributed by atoms with van der Waals surface area (Å²) in [5.74, 6) is -1.11. The normalized spacial score (nSPS) is 11.6. The highest BCUT2D eigenvalue weighted by atomic mass is 16.4. The Kier molecular flexibility index (Phi) is 10.0. The average Bonchev–Trinajstić information content (AvgIpc) is 2.44. The van der Waals surface area contributed by atoms with Crippen LogP contribution in [0.15, 0.2) is 0 Å². The SMILES string of the molecule is CNC(=O)C(C)CN(C)C(=O)NCCCCCCC(=O)O. The first-order chi connectivity index (χ1) is 9.88. The van der Waals surface area contributed by atoms with Gasteiger partial charge < -0.3 is 20.6 Å². The number of nitrogens with one attached hydrogen (secondary N) is 2. The van der Waals surface area contributed by atoms with Gasteiger partial charge >= 0.3 is 12.0 Å². The van der Waals surface area contributed by atoms with Gasteiger partial charge in [0.1, 0.15) is 0 Å². The molecule has 122 valence electrons. The number of nitrogens with zero attached hydrogens (tertiary/aromatic N) is 1. The Morgan fingerprint density at radius 2 is 1.76 bits per heavy atom. The molecule has 3 amide bonds. The number of carboxylic acids is 1. The fourth-order valence-electron chi connectivity index (χ4n) is 1.91. The number of carbonyl (C=O) groups excluding carboxylic acids is 2. The van der Waals surface area contributed by atoms with Crippen molar-refractivity contribution in [2.24, 2.45) is 5.92 Å². The van der Waals surface area contributed by atoms with Gasteiger partial charge in [-0.25, -0.2) is 4.79 Å². The maximum Gasteiger partial charge on any atom is 0.317 e. The Hall–Kier alpha value is -1.79. The summed E-state index contributed by atoms with van der Waals surface area (Å²) in [4.78, 5) is 34.9. The minimum Gasteiger partial charge on any atom is -0.481 e. The number of hydrogen-bond acceptors (Lipinski definition) is 3. The molecule has 7 nitrogen and oxygen atoms in total. The molecule has 0 fully saturated rings. The summed E-state index contributed by atoms with van der Waals surface area (Å²) in [5, 5.41) is 13.8. The minimum atomic E-state index is -0.768. The summed E-state index contributed by atoms with van der Waals surface area (Å²) in [7, 11) is 3.23. The molecular weight excluding hydrogens is 274 g/mol. The maximum absolute atomic E-state index is 11.8. The zero-order valence-electron chi connectivity index (χ0n) is 13.1. The predicted molar refractivity (Wildman–Crippen MR) is 80.0 cm³/mol. The lowest BCUT2D eigenvalue weighted by molar-refractivity contribution is -0.137. The van der Waals surface area contributed by atoms with E-state index in [1.54, 1.807) is 21.0 Å². The second-order valence-electron chi connectivity index (χ2n) is 5.19. The molecule has 1 atom stereocenters. The summed E-state index contributed by atoms with van der Waals surface area (Å²) >= 11 is 0. The molecule has 0 aromatic carbocycles. The van der Waals surface area contributed by atoms with Crippen molar-refractivity contribution in [1.82, 2.24) is 15.5 Å². The van der Waals surface area contributed by atoms with Crippen LogP contribution >= 0.6 is 0 Å². The number of rotatable bonds is 10. The Balaban J connectivity index is 3.69. The standard InChI is InChI=1S/C14H27N3O4/c1-11(13(20)15-2)10-17(3)14(21)16-9-7-5-4-6-8-12(18)19/h11H,4-10H2,1-3H3,(H,15,20)(H,16,21)(H,18,19). The zero-order chi connectivity index (χ0) is 16.3. The fourth-order valence-corrected chi connectivity index (χ4v) is 1.91. The second kappa shape index (κ2) is 10.9. The van der Waals surface area contributed by atoms with Crippen LogP contribution in [0, 0.1) is 5.92 Å². The molecule has 3 N–H and O–H groups in total. The molecule has 0 saturated heterocycles. The van der Waals surface area contributed by atoms with E-state index in [9.17, 15) is 14.4 Å². The number of aliphatic carboxylic acids is 1. The molecule has 0 heterocycles. The highest BCUT2D eigenvalue weighted by Crippen LogP contribution is 2.03. The Bertz CT molecular complexity index is 347. The lowest BCUT2D eigenvalue weighted by atomic mass is 10.1. The molecule has 0 aromatic heterocycles. The molecule has 1 unspecified atom stereocenters.